The van der Waals surface area contributed by atoms with E-state index in [1.807, 2.05) is 0 Å². The maximum Gasteiger partial charge on any atom is 0.328 e. The largest absolute Gasteiger partial charge is 0.444 e. The fraction of sp³-hybridized carbons (Fsp3) is 0.200. The predicted molar refractivity (Wildman–Crippen MR) is 47.8 cm³/mol. The SMILES string of the molecule is O=NCc1oc(S(=O)(=O)O)cc1S(=O)(=O)O. The monoisotopic (exact) mass is 271 g/mol. The molecule has 0 aliphatic rings. The molecule has 9 nitrogen and oxygen atoms in total. The highest BCUT2D eigenvalue weighted by atomic mass is 32.2. The number of rotatable bonds is 4. The fourth-order valence-electron chi connectivity index (χ4n) is 0.903. The van der Waals surface area contributed by atoms with Gasteiger partial charge >= 0.3 is 10.1 Å². The van der Waals surface area contributed by atoms with Crippen LogP contribution in [0.15, 0.2) is 25.6 Å². The van der Waals surface area contributed by atoms with Crippen molar-refractivity contribution >= 4 is 20.2 Å². The van der Waals surface area contributed by atoms with Crippen LogP contribution in [0.2, 0.25) is 0 Å². The highest BCUT2D eigenvalue weighted by Crippen LogP contribution is 2.24. The Bertz CT molecular complexity index is 609. The lowest BCUT2D eigenvalue weighted by atomic mass is 10.4. The van der Waals surface area contributed by atoms with E-state index in [-0.39, 0.29) is 0 Å². The normalized spacial score (nSPS) is 12.6. The van der Waals surface area contributed by atoms with E-state index in [1.165, 1.54) is 0 Å². The van der Waals surface area contributed by atoms with E-state index in [9.17, 15) is 21.7 Å². The molecule has 0 radical (unpaired) electrons. The molecule has 0 saturated heterocycles. The Hall–Kier alpha value is -1.30. The van der Waals surface area contributed by atoms with Crippen molar-refractivity contribution in [3.8, 4) is 0 Å². The highest BCUT2D eigenvalue weighted by molar-refractivity contribution is 7.86. The Labute approximate surface area is 89.5 Å². The molecule has 1 aromatic rings. The van der Waals surface area contributed by atoms with Gasteiger partial charge in [-0.25, -0.2) is 0 Å². The van der Waals surface area contributed by atoms with Crippen molar-refractivity contribution in [2.24, 2.45) is 5.18 Å². The highest BCUT2D eigenvalue weighted by Gasteiger charge is 2.26. The molecule has 0 bridgehead atoms. The van der Waals surface area contributed by atoms with Crippen molar-refractivity contribution in [3.05, 3.63) is 16.7 Å². The summed E-state index contributed by atoms with van der Waals surface area (Å²) in [5.41, 5.74) is 0. The summed E-state index contributed by atoms with van der Waals surface area (Å²) in [4.78, 5) is 8.98. The Balaban J connectivity index is 3.49. The van der Waals surface area contributed by atoms with E-state index < -0.39 is 42.5 Å². The van der Waals surface area contributed by atoms with Crippen molar-refractivity contribution < 1.29 is 30.4 Å². The number of nitrogens with zero attached hydrogens (tertiary/aromatic N) is 1. The fourth-order valence-corrected chi connectivity index (χ4v) is 2.10. The average molecular weight is 271 g/mol. The second-order valence-corrected chi connectivity index (χ2v) is 5.33. The third-order valence-corrected chi connectivity index (χ3v) is 3.10. The molecule has 16 heavy (non-hydrogen) atoms. The third kappa shape index (κ3) is 2.63. The van der Waals surface area contributed by atoms with Crippen LogP contribution < -0.4 is 0 Å². The van der Waals surface area contributed by atoms with Gasteiger partial charge in [-0.2, -0.15) is 21.7 Å². The first kappa shape index (κ1) is 12.8. The van der Waals surface area contributed by atoms with Crippen LogP contribution in [0.5, 0.6) is 0 Å². The first-order chi connectivity index (χ1) is 7.16. The topological polar surface area (TPSA) is 151 Å². The van der Waals surface area contributed by atoms with E-state index in [4.69, 9.17) is 9.11 Å². The molecule has 1 rings (SSSR count). The van der Waals surface area contributed by atoms with E-state index in [0.717, 1.165) is 0 Å². The van der Waals surface area contributed by atoms with Crippen LogP contribution in [-0.2, 0) is 26.8 Å². The van der Waals surface area contributed by atoms with Gasteiger partial charge in [-0.05, 0) is 0 Å². The number of hydrogen-bond donors (Lipinski definition) is 2. The molecule has 0 atom stereocenters. The van der Waals surface area contributed by atoms with Gasteiger partial charge in [0, 0.05) is 6.07 Å². The lowest BCUT2D eigenvalue weighted by Gasteiger charge is -1.92. The lowest BCUT2D eigenvalue weighted by molar-refractivity contribution is 0.382. The van der Waals surface area contributed by atoms with Crippen molar-refractivity contribution in [2.45, 2.75) is 16.5 Å². The minimum atomic E-state index is -4.77. The molecule has 1 aromatic heterocycles. The Kier molecular flexibility index (Phi) is 3.14. The van der Waals surface area contributed by atoms with Crippen molar-refractivity contribution in [1.29, 1.82) is 0 Å². The second kappa shape index (κ2) is 3.93. The minimum Gasteiger partial charge on any atom is -0.444 e. The summed E-state index contributed by atoms with van der Waals surface area (Å²) >= 11 is 0. The zero-order valence-corrected chi connectivity index (χ0v) is 9.03. The van der Waals surface area contributed by atoms with Crippen molar-refractivity contribution in [1.82, 2.24) is 0 Å². The third-order valence-electron chi connectivity index (χ3n) is 1.49. The number of hydrogen-bond acceptors (Lipinski definition) is 7. The number of nitroso groups, excluding NO2 is 1. The summed E-state index contributed by atoms with van der Waals surface area (Å²) in [6, 6.07) is 0.380. The molecule has 0 spiro atoms. The molecule has 0 unspecified atom stereocenters. The van der Waals surface area contributed by atoms with Crippen LogP contribution in [0.25, 0.3) is 0 Å². The van der Waals surface area contributed by atoms with Gasteiger partial charge in [0.05, 0.1) is 0 Å². The first-order valence-electron chi connectivity index (χ1n) is 3.53. The molecular formula is C5H5NO8S2. The molecule has 0 aliphatic heterocycles. The van der Waals surface area contributed by atoms with Crippen molar-refractivity contribution in [3.63, 3.8) is 0 Å². The van der Waals surface area contributed by atoms with Crippen LogP contribution in [-0.4, -0.2) is 25.9 Å². The molecule has 11 heteroatoms. The van der Waals surface area contributed by atoms with Gasteiger partial charge in [0.15, 0.2) is 5.76 Å². The maximum absolute atomic E-state index is 10.7. The summed E-state index contributed by atoms with van der Waals surface area (Å²) < 4.78 is 64.3. The average Bonchev–Trinajstić information content (AvgIpc) is 2.46. The van der Waals surface area contributed by atoms with Crippen LogP contribution in [0.1, 0.15) is 5.76 Å². The van der Waals surface area contributed by atoms with E-state index in [2.05, 4.69) is 9.59 Å². The molecule has 1 heterocycles. The Morgan fingerprint density at radius 3 is 2.12 bits per heavy atom. The summed E-state index contributed by atoms with van der Waals surface area (Å²) in [5, 5.41) is 1.18. The summed E-state index contributed by atoms with van der Waals surface area (Å²) in [6.07, 6.45) is 0. The van der Waals surface area contributed by atoms with Crippen LogP contribution in [0.3, 0.4) is 0 Å². The summed E-state index contributed by atoms with van der Waals surface area (Å²) in [7, 11) is -9.53. The van der Waals surface area contributed by atoms with Gasteiger partial charge in [-0.3, -0.25) is 9.11 Å². The molecule has 2 N–H and O–H groups in total. The molecule has 0 aliphatic carbocycles. The lowest BCUT2D eigenvalue weighted by Crippen LogP contribution is -1.99. The van der Waals surface area contributed by atoms with Gasteiger partial charge in [0.2, 0.25) is 5.09 Å². The zero-order chi connectivity index (χ0) is 12.6. The van der Waals surface area contributed by atoms with Crippen molar-refractivity contribution in [2.75, 3.05) is 0 Å². The second-order valence-electron chi connectivity index (χ2n) is 2.59. The minimum absolute atomic E-state index is 0.380. The van der Waals surface area contributed by atoms with E-state index >= 15 is 0 Å². The zero-order valence-electron chi connectivity index (χ0n) is 7.39. The van der Waals surface area contributed by atoms with Gasteiger partial charge in [0.25, 0.3) is 10.1 Å². The van der Waals surface area contributed by atoms with Crippen LogP contribution >= 0.6 is 0 Å². The summed E-state index contributed by atoms with van der Waals surface area (Å²) in [6.45, 7) is -0.801. The Morgan fingerprint density at radius 2 is 1.75 bits per heavy atom. The van der Waals surface area contributed by atoms with Crippen LogP contribution in [0, 0.1) is 4.91 Å². The van der Waals surface area contributed by atoms with Gasteiger partial charge in [0.1, 0.15) is 11.4 Å². The maximum atomic E-state index is 10.7. The molecular weight excluding hydrogens is 266 g/mol. The molecule has 90 valence electrons. The van der Waals surface area contributed by atoms with Crippen LogP contribution in [0.4, 0.5) is 0 Å². The molecule has 0 saturated carbocycles. The number of furan rings is 1. The molecule has 0 aromatic carbocycles. The molecule has 0 amide bonds. The van der Waals surface area contributed by atoms with Gasteiger partial charge < -0.3 is 4.42 Å². The Morgan fingerprint density at radius 1 is 1.19 bits per heavy atom. The van der Waals surface area contributed by atoms with Gasteiger partial charge in [-0.1, -0.05) is 5.18 Å². The van der Waals surface area contributed by atoms with Gasteiger partial charge in [-0.15, -0.1) is 0 Å². The summed E-state index contributed by atoms with van der Waals surface area (Å²) in [5.74, 6) is -0.676. The van der Waals surface area contributed by atoms with E-state index in [0.29, 0.717) is 6.07 Å². The predicted octanol–water partition coefficient (Wildman–Crippen LogP) is 0.0394. The molecule has 0 fully saturated rings. The standard InChI is InChI=1S/C5H5NO8S2/c7-6-2-3-4(15(8,9)10)1-5(14-3)16(11,12)13/h1H,2H2,(H,8,9,10)(H,11,12,13). The smallest absolute Gasteiger partial charge is 0.328 e. The first-order valence-corrected chi connectivity index (χ1v) is 6.41. The quantitative estimate of drug-likeness (QED) is 0.575. The van der Waals surface area contributed by atoms with E-state index in [1.54, 1.807) is 0 Å².